The van der Waals surface area contributed by atoms with E-state index in [9.17, 15) is 9.59 Å². The molecule has 1 aromatic carbocycles. The van der Waals surface area contributed by atoms with Crippen molar-refractivity contribution in [1.29, 1.82) is 5.41 Å². The molecule has 21 heavy (non-hydrogen) atoms. The fraction of sp³-hybridized carbons (Fsp3) is 0.357. The number of carbonyl (C=O) groups excluding carboxylic acids is 2. The number of nitrogens with one attached hydrogen (secondary N) is 2. The van der Waals surface area contributed by atoms with Gasteiger partial charge in [-0.25, -0.2) is 4.79 Å². The van der Waals surface area contributed by atoms with Crippen molar-refractivity contribution in [3.63, 3.8) is 0 Å². The second-order valence-electron chi connectivity index (χ2n) is 4.37. The predicted molar refractivity (Wildman–Crippen MR) is 79.5 cm³/mol. The molecule has 6 nitrogen and oxygen atoms in total. The third-order valence-electron chi connectivity index (χ3n) is 2.80. The minimum Gasteiger partial charge on any atom is -0.482 e. The summed E-state index contributed by atoms with van der Waals surface area (Å²) in [5.41, 5.74) is 0.973. The smallest absolute Gasteiger partial charge is 0.344 e. The van der Waals surface area contributed by atoms with Crippen LogP contribution in [0.4, 0.5) is 0 Å². The van der Waals surface area contributed by atoms with Crippen LogP contribution in [0.1, 0.15) is 12.5 Å². The minimum atomic E-state index is -0.404. The van der Waals surface area contributed by atoms with Crippen LogP contribution in [0.25, 0.3) is 0 Å². The molecule has 1 saturated heterocycles. The number of ether oxygens (including phenoxy) is 2. The molecular weight excluding hydrogens is 292 g/mol. The summed E-state index contributed by atoms with van der Waals surface area (Å²) in [7, 11) is 0. The first-order valence-corrected chi connectivity index (χ1v) is 7.40. The van der Waals surface area contributed by atoms with Gasteiger partial charge in [0.2, 0.25) is 5.91 Å². The molecule has 0 radical (unpaired) electrons. The van der Waals surface area contributed by atoms with Gasteiger partial charge >= 0.3 is 5.97 Å². The quantitative estimate of drug-likeness (QED) is 0.774. The number of benzene rings is 1. The average Bonchev–Trinajstić information content (AvgIpc) is 2.76. The van der Waals surface area contributed by atoms with Crippen molar-refractivity contribution in [2.75, 3.05) is 13.2 Å². The Bertz CT molecular complexity index is 544. The first-order chi connectivity index (χ1) is 10.1. The minimum absolute atomic E-state index is 0.120. The predicted octanol–water partition coefficient (Wildman–Crippen LogP) is 1.34. The number of rotatable bonds is 6. The van der Waals surface area contributed by atoms with E-state index < -0.39 is 5.97 Å². The number of carbonyl (C=O) groups is 2. The molecule has 1 unspecified atom stereocenters. The fourth-order valence-corrected chi connectivity index (χ4v) is 2.72. The molecule has 0 spiro atoms. The van der Waals surface area contributed by atoms with Crippen LogP contribution in [0, 0.1) is 5.41 Å². The molecule has 112 valence electrons. The van der Waals surface area contributed by atoms with Crippen molar-refractivity contribution < 1.29 is 19.1 Å². The largest absolute Gasteiger partial charge is 0.482 e. The second kappa shape index (κ2) is 7.12. The second-order valence-corrected chi connectivity index (χ2v) is 5.58. The number of hydrogen-bond acceptors (Lipinski definition) is 6. The highest BCUT2D eigenvalue weighted by Crippen LogP contribution is 2.23. The molecule has 1 aromatic rings. The average molecular weight is 308 g/mol. The SMILES string of the molecule is CCOC(=O)COc1ccc(CC2SC(=N)NC2=O)cc1. The molecule has 0 aromatic heterocycles. The normalized spacial score (nSPS) is 17.5. The molecule has 1 atom stereocenters. The van der Waals surface area contributed by atoms with Crippen LogP contribution < -0.4 is 10.1 Å². The van der Waals surface area contributed by atoms with Crippen LogP contribution in [0.5, 0.6) is 5.75 Å². The standard InChI is InChI=1S/C14H16N2O4S/c1-2-19-12(17)8-20-10-5-3-9(4-6-10)7-11-13(18)16-14(15)21-11/h3-6,11H,2,7-8H2,1H3,(H2,15,16,18). The Hall–Kier alpha value is -2.02. The molecule has 2 N–H and O–H groups in total. The van der Waals surface area contributed by atoms with Gasteiger partial charge in [-0.05, 0) is 31.0 Å². The van der Waals surface area contributed by atoms with Crippen molar-refractivity contribution in [2.24, 2.45) is 0 Å². The summed E-state index contributed by atoms with van der Waals surface area (Å²) < 4.78 is 10.1. The molecular formula is C14H16N2O4S. The fourth-order valence-electron chi connectivity index (χ4n) is 1.83. The monoisotopic (exact) mass is 308 g/mol. The van der Waals surface area contributed by atoms with Crippen molar-refractivity contribution in [3.05, 3.63) is 29.8 Å². The van der Waals surface area contributed by atoms with Gasteiger partial charge in [-0.1, -0.05) is 23.9 Å². The van der Waals surface area contributed by atoms with Gasteiger partial charge in [0, 0.05) is 0 Å². The summed E-state index contributed by atoms with van der Waals surface area (Å²) in [5, 5.41) is 9.81. The van der Waals surface area contributed by atoms with Crippen molar-refractivity contribution in [3.8, 4) is 5.75 Å². The number of thioether (sulfide) groups is 1. The lowest BCUT2D eigenvalue weighted by molar-refractivity contribution is -0.145. The van der Waals surface area contributed by atoms with Crippen LogP contribution in [0.2, 0.25) is 0 Å². The lowest BCUT2D eigenvalue weighted by Crippen LogP contribution is -2.25. The Kier molecular flexibility index (Phi) is 5.21. The Morgan fingerprint density at radius 1 is 1.38 bits per heavy atom. The van der Waals surface area contributed by atoms with Crippen molar-refractivity contribution in [2.45, 2.75) is 18.6 Å². The molecule has 0 bridgehead atoms. The maximum atomic E-state index is 11.5. The maximum absolute atomic E-state index is 11.5. The Labute approximate surface area is 126 Å². The Morgan fingerprint density at radius 2 is 2.10 bits per heavy atom. The summed E-state index contributed by atoms with van der Waals surface area (Å²) in [6.07, 6.45) is 0.553. The Balaban J connectivity index is 1.86. The van der Waals surface area contributed by atoms with E-state index in [1.807, 2.05) is 12.1 Å². The van der Waals surface area contributed by atoms with E-state index in [2.05, 4.69) is 5.32 Å². The number of amidine groups is 1. The third-order valence-corrected chi connectivity index (χ3v) is 3.80. The summed E-state index contributed by atoms with van der Waals surface area (Å²) in [6.45, 7) is 1.95. The van der Waals surface area contributed by atoms with E-state index in [4.69, 9.17) is 14.9 Å². The van der Waals surface area contributed by atoms with E-state index in [0.29, 0.717) is 18.8 Å². The summed E-state index contributed by atoms with van der Waals surface area (Å²) in [6, 6.07) is 7.18. The number of amides is 1. The van der Waals surface area contributed by atoms with Crippen molar-refractivity contribution >= 4 is 28.8 Å². The highest BCUT2D eigenvalue weighted by molar-refractivity contribution is 8.15. The molecule has 0 aliphatic carbocycles. The molecule has 1 heterocycles. The topological polar surface area (TPSA) is 88.5 Å². The van der Waals surface area contributed by atoms with Crippen molar-refractivity contribution in [1.82, 2.24) is 5.32 Å². The summed E-state index contributed by atoms with van der Waals surface area (Å²) >= 11 is 1.22. The molecule has 1 aliphatic heterocycles. The van der Waals surface area contributed by atoms with E-state index in [1.165, 1.54) is 11.8 Å². The van der Waals surface area contributed by atoms with Gasteiger partial charge in [-0.2, -0.15) is 0 Å². The Morgan fingerprint density at radius 3 is 2.67 bits per heavy atom. The number of hydrogen-bond donors (Lipinski definition) is 2. The summed E-state index contributed by atoms with van der Waals surface area (Å²) in [4.78, 5) is 22.7. The molecule has 1 fully saturated rings. The zero-order chi connectivity index (χ0) is 15.2. The van der Waals surface area contributed by atoms with Crippen LogP contribution >= 0.6 is 11.8 Å². The lowest BCUT2D eigenvalue weighted by atomic mass is 10.1. The zero-order valence-electron chi connectivity index (χ0n) is 11.5. The van der Waals surface area contributed by atoms with Gasteiger partial charge in [0.25, 0.3) is 0 Å². The molecule has 7 heteroatoms. The highest BCUT2D eigenvalue weighted by atomic mass is 32.2. The first kappa shape index (κ1) is 15.4. The zero-order valence-corrected chi connectivity index (χ0v) is 12.4. The van der Waals surface area contributed by atoms with Gasteiger partial charge < -0.3 is 14.8 Å². The molecule has 1 aliphatic rings. The molecule has 0 saturated carbocycles. The van der Waals surface area contributed by atoms with Crippen LogP contribution in [0.15, 0.2) is 24.3 Å². The van der Waals surface area contributed by atoms with Gasteiger partial charge in [0.05, 0.1) is 11.9 Å². The highest BCUT2D eigenvalue weighted by Gasteiger charge is 2.29. The van der Waals surface area contributed by atoms with Gasteiger partial charge in [0.15, 0.2) is 11.8 Å². The molecule has 2 rings (SSSR count). The van der Waals surface area contributed by atoms with Crippen LogP contribution in [0.3, 0.4) is 0 Å². The van der Waals surface area contributed by atoms with Crippen LogP contribution in [-0.2, 0) is 20.7 Å². The maximum Gasteiger partial charge on any atom is 0.344 e. The van der Waals surface area contributed by atoms with E-state index in [0.717, 1.165) is 5.56 Å². The number of esters is 1. The van der Waals surface area contributed by atoms with Crippen LogP contribution in [-0.4, -0.2) is 35.5 Å². The third kappa shape index (κ3) is 4.49. The van der Waals surface area contributed by atoms with E-state index in [1.54, 1.807) is 19.1 Å². The summed E-state index contributed by atoms with van der Waals surface area (Å²) in [5.74, 6) is 0.0369. The van der Waals surface area contributed by atoms with E-state index in [-0.39, 0.29) is 22.9 Å². The first-order valence-electron chi connectivity index (χ1n) is 6.52. The van der Waals surface area contributed by atoms with Gasteiger partial charge in [-0.15, -0.1) is 0 Å². The molecule has 1 amide bonds. The van der Waals surface area contributed by atoms with Gasteiger partial charge in [0.1, 0.15) is 5.75 Å². The van der Waals surface area contributed by atoms with Gasteiger partial charge in [-0.3, -0.25) is 10.2 Å². The van der Waals surface area contributed by atoms with E-state index >= 15 is 0 Å². The lowest BCUT2D eigenvalue weighted by Gasteiger charge is -2.08.